The third-order valence-electron chi connectivity index (χ3n) is 4.63. The molecule has 1 amide bonds. The summed E-state index contributed by atoms with van der Waals surface area (Å²) in [4.78, 5) is 12.4. The largest absolute Gasteiger partial charge is 0.403 e. The van der Waals surface area contributed by atoms with Gasteiger partial charge >= 0.3 is 6.01 Å². The third kappa shape index (κ3) is 4.10. The molecule has 1 unspecified atom stereocenters. The zero-order chi connectivity index (χ0) is 18.9. The molecule has 26 heavy (non-hydrogen) atoms. The van der Waals surface area contributed by atoms with E-state index >= 15 is 0 Å². The smallest absolute Gasteiger partial charge is 0.322 e. The summed E-state index contributed by atoms with van der Waals surface area (Å²) in [7, 11) is -3.30. The Hall–Kier alpha value is -2.26. The van der Waals surface area contributed by atoms with Crippen molar-refractivity contribution < 1.29 is 17.6 Å². The highest BCUT2D eigenvalue weighted by molar-refractivity contribution is 7.88. The van der Waals surface area contributed by atoms with E-state index in [1.54, 1.807) is 0 Å². The second kappa shape index (κ2) is 7.16. The van der Waals surface area contributed by atoms with E-state index in [0.29, 0.717) is 25.3 Å². The Balaban J connectivity index is 1.68. The Morgan fingerprint density at radius 1 is 1.27 bits per heavy atom. The van der Waals surface area contributed by atoms with Gasteiger partial charge in [-0.05, 0) is 49.9 Å². The van der Waals surface area contributed by atoms with Crippen molar-refractivity contribution in [3.63, 3.8) is 0 Å². The van der Waals surface area contributed by atoms with Gasteiger partial charge in [-0.25, -0.2) is 12.7 Å². The van der Waals surface area contributed by atoms with Crippen LogP contribution in [0.4, 0.5) is 6.01 Å². The first kappa shape index (κ1) is 18.5. The van der Waals surface area contributed by atoms with Crippen molar-refractivity contribution in [2.45, 2.75) is 26.7 Å². The number of nitrogens with one attached hydrogen (secondary N) is 1. The molecule has 1 aliphatic heterocycles. The number of carbonyl (C=O) groups excluding carboxylic acids is 1. The Morgan fingerprint density at radius 2 is 2.04 bits per heavy atom. The number of carbonyl (C=O) groups is 1. The third-order valence-corrected chi connectivity index (χ3v) is 5.90. The van der Waals surface area contributed by atoms with E-state index in [1.165, 1.54) is 4.31 Å². The topological polar surface area (TPSA) is 105 Å². The van der Waals surface area contributed by atoms with Crippen molar-refractivity contribution in [3.05, 3.63) is 29.3 Å². The lowest BCUT2D eigenvalue weighted by molar-refractivity contribution is -0.121. The molecule has 0 saturated carbocycles. The summed E-state index contributed by atoms with van der Waals surface area (Å²) in [5.74, 6) is -0.422. The minimum atomic E-state index is -3.30. The molecule has 9 heteroatoms. The van der Waals surface area contributed by atoms with Crippen molar-refractivity contribution >= 4 is 21.9 Å². The number of sulfonamides is 1. The van der Waals surface area contributed by atoms with Crippen molar-refractivity contribution in [2.24, 2.45) is 5.92 Å². The first-order valence-corrected chi connectivity index (χ1v) is 10.3. The highest BCUT2D eigenvalue weighted by atomic mass is 32.2. The molecule has 1 saturated heterocycles. The van der Waals surface area contributed by atoms with Gasteiger partial charge in [0.2, 0.25) is 21.8 Å². The highest BCUT2D eigenvalue weighted by Crippen LogP contribution is 2.24. The van der Waals surface area contributed by atoms with Gasteiger partial charge in [0.15, 0.2) is 0 Å². The Kier molecular flexibility index (Phi) is 5.10. The predicted molar refractivity (Wildman–Crippen MR) is 97.0 cm³/mol. The van der Waals surface area contributed by atoms with Gasteiger partial charge in [0.1, 0.15) is 0 Å². The molecular weight excluding hydrogens is 356 g/mol. The SMILES string of the molecule is Cc1ccc(-c2nnc(NC(=O)C3CCCN(S(C)(=O)=O)C3)o2)cc1C. The second-order valence-corrected chi connectivity index (χ2v) is 8.64. The van der Waals surface area contributed by atoms with Gasteiger partial charge in [-0.1, -0.05) is 11.2 Å². The minimum Gasteiger partial charge on any atom is -0.403 e. The van der Waals surface area contributed by atoms with Crippen LogP contribution in [-0.4, -0.2) is 48.2 Å². The van der Waals surface area contributed by atoms with Crippen LogP contribution in [0.2, 0.25) is 0 Å². The number of anilines is 1. The van der Waals surface area contributed by atoms with E-state index < -0.39 is 15.9 Å². The summed E-state index contributed by atoms with van der Waals surface area (Å²) in [6.45, 7) is 4.62. The summed E-state index contributed by atoms with van der Waals surface area (Å²) in [5.41, 5.74) is 3.05. The van der Waals surface area contributed by atoms with Gasteiger partial charge in [0.25, 0.3) is 0 Å². The summed E-state index contributed by atoms with van der Waals surface area (Å²) in [6.07, 6.45) is 2.42. The molecule has 2 heterocycles. The predicted octanol–water partition coefficient (Wildman–Crippen LogP) is 1.96. The van der Waals surface area contributed by atoms with Crippen molar-refractivity contribution in [1.29, 1.82) is 0 Å². The zero-order valence-electron chi connectivity index (χ0n) is 15.0. The highest BCUT2D eigenvalue weighted by Gasteiger charge is 2.30. The maximum Gasteiger partial charge on any atom is 0.322 e. The Labute approximate surface area is 152 Å². The van der Waals surface area contributed by atoms with Crippen LogP contribution in [0.15, 0.2) is 22.6 Å². The van der Waals surface area contributed by atoms with Gasteiger partial charge in [-0.15, -0.1) is 5.10 Å². The van der Waals surface area contributed by atoms with Crippen molar-refractivity contribution in [3.8, 4) is 11.5 Å². The normalized spacial score (nSPS) is 18.7. The molecule has 3 rings (SSSR count). The summed E-state index contributed by atoms with van der Waals surface area (Å²) in [6, 6.07) is 5.81. The van der Waals surface area contributed by atoms with Gasteiger partial charge < -0.3 is 4.42 Å². The van der Waals surface area contributed by atoms with Gasteiger partial charge in [0.05, 0.1) is 12.2 Å². The van der Waals surface area contributed by atoms with E-state index in [1.807, 2.05) is 32.0 Å². The molecule has 140 valence electrons. The molecule has 1 N–H and O–H groups in total. The van der Waals surface area contributed by atoms with E-state index in [-0.39, 0.29) is 18.5 Å². The second-order valence-electron chi connectivity index (χ2n) is 6.66. The fourth-order valence-corrected chi connectivity index (χ4v) is 3.84. The Morgan fingerprint density at radius 3 is 2.73 bits per heavy atom. The number of amides is 1. The average molecular weight is 378 g/mol. The lowest BCUT2D eigenvalue weighted by Crippen LogP contribution is -2.43. The summed E-state index contributed by atoms with van der Waals surface area (Å²) in [5, 5.41) is 10.4. The molecule has 1 aliphatic rings. The van der Waals surface area contributed by atoms with Crippen molar-refractivity contribution in [2.75, 3.05) is 24.7 Å². The van der Waals surface area contributed by atoms with Crippen LogP contribution < -0.4 is 5.32 Å². The van der Waals surface area contributed by atoms with Crippen LogP contribution in [0.3, 0.4) is 0 Å². The summed E-state index contributed by atoms with van der Waals surface area (Å²) < 4.78 is 30.2. The fraction of sp³-hybridized carbons (Fsp3) is 0.471. The number of benzene rings is 1. The van der Waals surface area contributed by atoms with Crippen molar-refractivity contribution in [1.82, 2.24) is 14.5 Å². The van der Waals surface area contributed by atoms with Gasteiger partial charge in [0, 0.05) is 18.7 Å². The molecule has 0 aliphatic carbocycles. The molecule has 0 spiro atoms. The molecule has 1 fully saturated rings. The maximum absolute atomic E-state index is 12.4. The van der Waals surface area contributed by atoms with E-state index in [0.717, 1.165) is 22.9 Å². The first-order chi connectivity index (χ1) is 12.2. The van der Waals surface area contributed by atoms with Crippen LogP contribution in [0.1, 0.15) is 24.0 Å². The standard InChI is InChI=1S/C17H22N4O4S/c1-11-6-7-13(9-12(11)2)16-19-20-17(25-16)18-15(22)14-5-4-8-21(10-14)26(3,23)24/h6-7,9,14H,4-5,8,10H2,1-3H3,(H,18,20,22). The van der Waals surface area contributed by atoms with E-state index in [9.17, 15) is 13.2 Å². The van der Waals surface area contributed by atoms with E-state index in [4.69, 9.17) is 4.42 Å². The molecule has 1 atom stereocenters. The lowest BCUT2D eigenvalue weighted by Gasteiger charge is -2.29. The average Bonchev–Trinajstić information content (AvgIpc) is 3.05. The molecule has 8 nitrogen and oxygen atoms in total. The quantitative estimate of drug-likeness (QED) is 0.872. The minimum absolute atomic E-state index is 0.0136. The molecule has 1 aromatic heterocycles. The van der Waals surface area contributed by atoms with Crippen LogP contribution in [0.25, 0.3) is 11.5 Å². The van der Waals surface area contributed by atoms with Crippen LogP contribution >= 0.6 is 0 Å². The number of nitrogens with zero attached hydrogens (tertiary/aromatic N) is 3. The van der Waals surface area contributed by atoms with Crippen LogP contribution in [-0.2, 0) is 14.8 Å². The number of hydrogen-bond acceptors (Lipinski definition) is 6. The van der Waals surface area contributed by atoms with Crippen LogP contribution in [0.5, 0.6) is 0 Å². The molecule has 0 bridgehead atoms. The summed E-state index contributed by atoms with van der Waals surface area (Å²) >= 11 is 0. The monoisotopic (exact) mass is 378 g/mol. The van der Waals surface area contributed by atoms with Crippen LogP contribution in [0, 0.1) is 19.8 Å². The lowest BCUT2D eigenvalue weighted by atomic mass is 9.99. The first-order valence-electron chi connectivity index (χ1n) is 8.41. The zero-order valence-corrected chi connectivity index (χ0v) is 15.8. The number of aromatic nitrogens is 2. The molecule has 0 radical (unpaired) electrons. The fourth-order valence-electron chi connectivity index (χ4n) is 2.93. The molecule has 2 aromatic rings. The van der Waals surface area contributed by atoms with Gasteiger partial charge in [-0.3, -0.25) is 10.1 Å². The maximum atomic E-state index is 12.4. The Bertz CT molecular complexity index is 923. The number of rotatable bonds is 4. The van der Waals surface area contributed by atoms with Gasteiger partial charge in [-0.2, -0.15) is 0 Å². The van der Waals surface area contributed by atoms with E-state index in [2.05, 4.69) is 15.5 Å². The number of hydrogen-bond donors (Lipinski definition) is 1. The number of piperidine rings is 1. The molecule has 1 aromatic carbocycles. The molecular formula is C17H22N4O4S. The number of aryl methyl sites for hydroxylation is 2.